The SMILES string of the molecule is CCC(=O)N1CCCN(S(=O)(=O)c2nnc(NC(C)=O)s2)CC1. The van der Waals surface area contributed by atoms with E-state index in [0.29, 0.717) is 32.5 Å². The second-order valence-electron chi connectivity index (χ2n) is 5.05. The Labute approximate surface area is 138 Å². The number of hydrogen-bond donors (Lipinski definition) is 1. The molecule has 1 saturated heterocycles. The van der Waals surface area contributed by atoms with Crippen LogP contribution in [-0.4, -0.2) is 65.8 Å². The Bertz CT molecular complexity index is 687. The van der Waals surface area contributed by atoms with Gasteiger partial charge in [-0.15, -0.1) is 10.2 Å². The lowest BCUT2D eigenvalue weighted by atomic mass is 10.3. The first-order valence-corrected chi connectivity index (χ1v) is 9.49. The predicted octanol–water partition coefficient (Wildman–Crippen LogP) is 0.130. The highest BCUT2D eigenvalue weighted by atomic mass is 32.2. The molecule has 1 fully saturated rings. The van der Waals surface area contributed by atoms with Gasteiger partial charge < -0.3 is 10.2 Å². The quantitative estimate of drug-likeness (QED) is 0.763. The fourth-order valence-corrected chi connectivity index (χ4v) is 4.79. The Morgan fingerprint density at radius 2 is 1.96 bits per heavy atom. The minimum Gasteiger partial charge on any atom is -0.341 e. The third kappa shape index (κ3) is 4.24. The van der Waals surface area contributed by atoms with Crippen LogP contribution < -0.4 is 5.32 Å². The summed E-state index contributed by atoms with van der Waals surface area (Å²) >= 11 is 0.816. The first-order chi connectivity index (χ1) is 10.8. The lowest BCUT2D eigenvalue weighted by molar-refractivity contribution is -0.130. The molecule has 0 radical (unpaired) electrons. The Balaban J connectivity index is 2.11. The molecule has 0 bridgehead atoms. The smallest absolute Gasteiger partial charge is 0.272 e. The minimum absolute atomic E-state index is 0.0214. The first kappa shape index (κ1) is 17.8. The van der Waals surface area contributed by atoms with Crippen LogP contribution in [0, 0.1) is 0 Å². The van der Waals surface area contributed by atoms with Gasteiger partial charge in [-0.2, -0.15) is 4.31 Å². The van der Waals surface area contributed by atoms with Crippen molar-refractivity contribution in [2.75, 3.05) is 31.5 Å². The van der Waals surface area contributed by atoms with Crippen LogP contribution in [0.5, 0.6) is 0 Å². The van der Waals surface area contributed by atoms with Crippen molar-refractivity contribution in [2.45, 2.75) is 31.0 Å². The fourth-order valence-electron chi connectivity index (χ4n) is 2.23. The molecule has 0 spiro atoms. The van der Waals surface area contributed by atoms with Gasteiger partial charge in [0.2, 0.25) is 21.3 Å². The Kier molecular flexibility index (Phi) is 5.65. The normalized spacial score (nSPS) is 16.9. The number of anilines is 1. The molecule has 1 aromatic heterocycles. The van der Waals surface area contributed by atoms with Gasteiger partial charge >= 0.3 is 0 Å². The second-order valence-corrected chi connectivity index (χ2v) is 8.14. The fraction of sp³-hybridized carbons (Fsp3) is 0.667. The van der Waals surface area contributed by atoms with Crippen LogP contribution in [0.2, 0.25) is 0 Å². The lowest BCUT2D eigenvalue weighted by Gasteiger charge is -2.20. The number of nitrogens with one attached hydrogen (secondary N) is 1. The molecule has 128 valence electrons. The number of aromatic nitrogens is 2. The van der Waals surface area contributed by atoms with Gasteiger partial charge in [0.15, 0.2) is 0 Å². The van der Waals surface area contributed by atoms with Gasteiger partial charge in [0.1, 0.15) is 0 Å². The molecule has 0 aliphatic carbocycles. The average Bonchev–Trinajstić information content (AvgIpc) is 2.81. The zero-order chi connectivity index (χ0) is 17.0. The van der Waals surface area contributed by atoms with Crippen LogP contribution in [-0.2, 0) is 19.6 Å². The van der Waals surface area contributed by atoms with Crippen molar-refractivity contribution < 1.29 is 18.0 Å². The van der Waals surface area contributed by atoms with E-state index in [1.807, 2.05) is 0 Å². The monoisotopic (exact) mass is 361 g/mol. The summed E-state index contributed by atoms with van der Waals surface area (Å²) in [4.78, 5) is 24.4. The van der Waals surface area contributed by atoms with E-state index in [9.17, 15) is 18.0 Å². The number of carbonyl (C=O) groups excluding carboxylic acids is 2. The molecular weight excluding hydrogens is 342 g/mol. The van der Waals surface area contributed by atoms with E-state index in [4.69, 9.17) is 0 Å². The molecule has 0 saturated carbocycles. The third-order valence-electron chi connectivity index (χ3n) is 3.36. The summed E-state index contributed by atoms with van der Waals surface area (Å²) in [6.45, 7) is 4.56. The summed E-state index contributed by atoms with van der Waals surface area (Å²) in [6.07, 6.45) is 0.978. The number of nitrogens with zero attached hydrogens (tertiary/aromatic N) is 4. The molecule has 1 aromatic rings. The Hall–Kier alpha value is -1.59. The zero-order valence-corrected chi connectivity index (χ0v) is 14.6. The largest absolute Gasteiger partial charge is 0.341 e. The molecule has 2 heterocycles. The van der Waals surface area contributed by atoms with Crippen molar-refractivity contribution in [3.8, 4) is 0 Å². The molecule has 0 aromatic carbocycles. The van der Waals surface area contributed by atoms with Gasteiger partial charge in [0.25, 0.3) is 10.0 Å². The Morgan fingerprint density at radius 1 is 1.22 bits per heavy atom. The molecule has 2 amide bonds. The lowest BCUT2D eigenvalue weighted by Crippen LogP contribution is -2.37. The van der Waals surface area contributed by atoms with Crippen molar-refractivity contribution in [1.29, 1.82) is 0 Å². The van der Waals surface area contributed by atoms with Gasteiger partial charge in [-0.3, -0.25) is 9.59 Å². The van der Waals surface area contributed by atoms with Crippen LogP contribution in [0.3, 0.4) is 0 Å². The van der Waals surface area contributed by atoms with E-state index >= 15 is 0 Å². The summed E-state index contributed by atoms with van der Waals surface area (Å²) in [5.41, 5.74) is 0. The van der Waals surface area contributed by atoms with Crippen LogP contribution >= 0.6 is 11.3 Å². The van der Waals surface area contributed by atoms with Crippen LogP contribution in [0.1, 0.15) is 26.7 Å². The van der Waals surface area contributed by atoms with Crippen molar-refractivity contribution >= 4 is 38.3 Å². The van der Waals surface area contributed by atoms with E-state index in [2.05, 4.69) is 15.5 Å². The van der Waals surface area contributed by atoms with Gasteiger partial charge in [-0.25, -0.2) is 8.42 Å². The maximum Gasteiger partial charge on any atom is 0.272 e. The van der Waals surface area contributed by atoms with E-state index in [-0.39, 0.29) is 27.8 Å². The van der Waals surface area contributed by atoms with Gasteiger partial charge in [-0.05, 0) is 6.42 Å². The van der Waals surface area contributed by atoms with Gasteiger partial charge in [0.05, 0.1) is 0 Å². The van der Waals surface area contributed by atoms with Crippen molar-refractivity contribution in [1.82, 2.24) is 19.4 Å². The molecular formula is C12H19N5O4S2. The van der Waals surface area contributed by atoms with Crippen molar-refractivity contribution in [3.63, 3.8) is 0 Å². The summed E-state index contributed by atoms with van der Waals surface area (Å²) < 4.78 is 26.4. The molecule has 23 heavy (non-hydrogen) atoms. The van der Waals surface area contributed by atoms with Crippen LogP contribution in [0.25, 0.3) is 0 Å². The van der Waals surface area contributed by atoms with E-state index in [1.165, 1.54) is 11.2 Å². The number of carbonyl (C=O) groups is 2. The molecule has 2 rings (SSSR count). The highest BCUT2D eigenvalue weighted by Gasteiger charge is 2.31. The number of sulfonamides is 1. The van der Waals surface area contributed by atoms with Gasteiger partial charge in [-0.1, -0.05) is 18.3 Å². The van der Waals surface area contributed by atoms with E-state index < -0.39 is 10.0 Å². The maximum absolute atomic E-state index is 12.6. The number of rotatable bonds is 4. The van der Waals surface area contributed by atoms with Crippen LogP contribution in [0.4, 0.5) is 5.13 Å². The predicted molar refractivity (Wildman–Crippen MR) is 84.5 cm³/mol. The minimum atomic E-state index is -3.77. The summed E-state index contributed by atoms with van der Waals surface area (Å²) in [5, 5.41) is 9.88. The molecule has 0 unspecified atom stereocenters. The van der Waals surface area contributed by atoms with Crippen molar-refractivity contribution in [3.05, 3.63) is 0 Å². The number of amides is 2. The highest BCUT2D eigenvalue weighted by Crippen LogP contribution is 2.24. The molecule has 11 heteroatoms. The molecule has 1 N–H and O–H groups in total. The summed E-state index contributed by atoms with van der Waals surface area (Å²) in [7, 11) is -3.77. The maximum atomic E-state index is 12.6. The Morgan fingerprint density at radius 3 is 2.61 bits per heavy atom. The summed E-state index contributed by atoms with van der Waals surface area (Å²) in [5.74, 6) is -0.318. The standard InChI is InChI=1S/C12H19N5O4S2/c1-3-10(19)16-5-4-6-17(8-7-16)23(20,21)12-15-14-11(22-12)13-9(2)18/h3-8H2,1-2H3,(H,13,14,18). The highest BCUT2D eigenvalue weighted by molar-refractivity contribution is 7.91. The summed E-state index contributed by atoms with van der Waals surface area (Å²) in [6, 6.07) is 0. The van der Waals surface area contributed by atoms with Crippen LogP contribution in [0.15, 0.2) is 4.34 Å². The molecule has 1 aliphatic heterocycles. The molecule has 0 atom stereocenters. The first-order valence-electron chi connectivity index (χ1n) is 7.23. The van der Waals surface area contributed by atoms with Gasteiger partial charge in [0, 0.05) is 39.5 Å². The molecule has 1 aliphatic rings. The average molecular weight is 361 g/mol. The second kappa shape index (κ2) is 7.32. The van der Waals surface area contributed by atoms with E-state index in [0.717, 1.165) is 11.3 Å². The van der Waals surface area contributed by atoms with Crippen molar-refractivity contribution in [2.24, 2.45) is 0 Å². The third-order valence-corrected chi connectivity index (χ3v) is 6.44. The molecule has 9 nitrogen and oxygen atoms in total. The topological polar surface area (TPSA) is 113 Å². The zero-order valence-electron chi connectivity index (χ0n) is 13.0. The van der Waals surface area contributed by atoms with E-state index in [1.54, 1.807) is 11.8 Å². The number of hydrogen-bond acceptors (Lipinski definition) is 7.